The van der Waals surface area contributed by atoms with Crippen molar-refractivity contribution < 1.29 is 8.42 Å². The van der Waals surface area contributed by atoms with Crippen LogP contribution in [0.25, 0.3) is 0 Å². The summed E-state index contributed by atoms with van der Waals surface area (Å²) >= 11 is 0. The summed E-state index contributed by atoms with van der Waals surface area (Å²) in [5, 5.41) is 3.36. The highest BCUT2D eigenvalue weighted by molar-refractivity contribution is 7.87. The minimum Gasteiger partial charge on any atom is -0.308 e. The Morgan fingerprint density at radius 2 is 2.10 bits per heavy atom. The summed E-state index contributed by atoms with van der Waals surface area (Å²) in [5.74, 6) is 0. The zero-order valence-corrected chi connectivity index (χ0v) is 13.4. The Morgan fingerprint density at radius 1 is 1.40 bits per heavy atom. The van der Waals surface area contributed by atoms with Gasteiger partial charge in [-0.3, -0.25) is 0 Å². The number of nitrogens with zero attached hydrogens (tertiary/aromatic N) is 1. The maximum Gasteiger partial charge on any atom is 0.279 e. The summed E-state index contributed by atoms with van der Waals surface area (Å²) < 4.78 is 27.8. The van der Waals surface area contributed by atoms with E-state index in [0.29, 0.717) is 13.1 Å². The third kappa shape index (κ3) is 3.93. The van der Waals surface area contributed by atoms with E-state index in [2.05, 4.69) is 22.2 Å². The fraction of sp³-hybridized carbons (Fsp3) is 0.538. The minimum absolute atomic E-state index is 0. The first-order chi connectivity index (χ1) is 9.04. The highest BCUT2D eigenvalue weighted by Crippen LogP contribution is 2.22. The van der Waals surface area contributed by atoms with Crippen LogP contribution < -0.4 is 10.0 Å². The Hall–Kier alpha value is -0.660. The van der Waals surface area contributed by atoms with Crippen molar-refractivity contribution in [3.63, 3.8) is 0 Å². The van der Waals surface area contributed by atoms with Crippen LogP contribution in [0.4, 0.5) is 0 Å². The molecule has 1 unspecified atom stereocenters. The zero-order valence-electron chi connectivity index (χ0n) is 11.8. The molecule has 1 aromatic carbocycles. The van der Waals surface area contributed by atoms with Gasteiger partial charge >= 0.3 is 0 Å². The molecule has 0 saturated heterocycles. The molecule has 0 spiro atoms. The van der Waals surface area contributed by atoms with E-state index in [1.807, 2.05) is 19.1 Å². The Kier molecular flexibility index (Phi) is 6.42. The second-order valence-corrected chi connectivity index (χ2v) is 6.59. The van der Waals surface area contributed by atoms with E-state index in [-0.39, 0.29) is 18.4 Å². The lowest BCUT2D eigenvalue weighted by Gasteiger charge is -2.27. The van der Waals surface area contributed by atoms with Crippen LogP contribution in [-0.2, 0) is 16.6 Å². The Balaban J connectivity index is 0.00000200. The molecule has 1 heterocycles. The van der Waals surface area contributed by atoms with E-state index in [1.165, 1.54) is 15.4 Å². The number of halogens is 1. The molecular formula is C13H22ClN3O2S. The normalized spacial score (nSPS) is 18.4. The van der Waals surface area contributed by atoms with Crippen LogP contribution in [0.3, 0.4) is 0 Å². The van der Waals surface area contributed by atoms with Crippen LogP contribution in [0.15, 0.2) is 24.3 Å². The van der Waals surface area contributed by atoms with Crippen molar-refractivity contribution in [1.82, 2.24) is 14.3 Å². The van der Waals surface area contributed by atoms with Crippen LogP contribution in [0.1, 0.15) is 24.1 Å². The Bertz CT molecular complexity index is 536. The maximum absolute atomic E-state index is 11.9. The predicted octanol–water partition coefficient (Wildman–Crippen LogP) is 1.08. The molecule has 2 N–H and O–H groups in total. The molecule has 5 nitrogen and oxygen atoms in total. The van der Waals surface area contributed by atoms with E-state index in [1.54, 1.807) is 7.05 Å². The molecule has 0 aromatic heterocycles. The second-order valence-electron chi connectivity index (χ2n) is 4.72. The molecule has 1 aliphatic rings. The van der Waals surface area contributed by atoms with E-state index in [9.17, 15) is 8.42 Å². The average Bonchev–Trinajstić information content (AvgIpc) is 2.44. The second kappa shape index (κ2) is 7.38. The minimum atomic E-state index is -3.37. The molecule has 0 aliphatic carbocycles. The predicted molar refractivity (Wildman–Crippen MR) is 83.4 cm³/mol. The SMILES string of the molecule is CCN(C)S(=O)(=O)NCC1NCCc2ccccc21.Cl. The van der Waals surface area contributed by atoms with Gasteiger partial charge in [0.15, 0.2) is 0 Å². The number of benzene rings is 1. The highest BCUT2D eigenvalue weighted by Gasteiger charge is 2.22. The van der Waals surface area contributed by atoms with E-state index in [4.69, 9.17) is 0 Å². The molecule has 1 aliphatic heterocycles. The van der Waals surface area contributed by atoms with Crippen molar-refractivity contribution in [1.29, 1.82) is 0 Å². The number of nitrogens with one attached hydrogen (secondary N) is 2. The molecule has 2 rings (SSSR count). The molecule has 0 fully saturated rings. The molecule has 0 bridgehead atoms. The van der Waals surface area contributed by atoms with Gasteiger partial charge in [0, 0.05) is 26.2 Å². The molecule has 0 amide bonds. The Labute approximate surface area is 127 Å². The molecule has 114 valence electrons. The summed E-state index contributed by atoms with van der Waals surface area (Å²) in [6, 6.07) is 8.23. The average molecular weight is 320 g/mol. The van der Waals surface area contributed by atoms with Gasteiger partial charge in [-0.1, -0.05) is 31.2 Å². The standard InChI is InChI=1S/C13H21N3O2S.ClH/c1-3-16(2)19(17,18)15-10-13-12-7-5-4-6-11(12)8-9-14-13;/h4-7,13-15H,3,8-10H2,1-2H3;1H. The molecule has 7 heteroatoms. The summed E-state index contributed by atoms with van der Waals surface area (Å²) in [4.78, 5) is 0. The molecule has 1 atom stereocenters. The van der Waals surface area contributed by atoms with E-state index in [0.717, 1.165) is 13.0 Å². The quantitative estimate of drug-likeness (QED) is 0.854. The van der Waals surface area contributed by atoms with Crippen LogP contribution in [-0.4, -0.2) is 39.4 Å². The van der Waals surface area contributed by atoms with Crippen LogP contribution in [0.5, 0.6) is 0 Å². The highest BCUT2D eigenvalue weighted by atomic mass is 35.5. The molecule has 20 heavy (non-hydrogen) atoms. The van der Waals surface area contributed by atoms with Crippen molar-refractivity contribution in [3.05, 3.63) is 35.4 Å². The van der Waals surface area contributed by atoms with Gasteiger partial charge in [0.1, 0.15) is 0 Å². The summed E-state index contributed by atoms with van der Waals surface area (Å²) in [5.41, 5.74) is 2.49. The van der Waals surface area contributed by atoms with Gasteiger partial charge in [0.05, 0.1) is 0 Å². The number of fused-ring (bicyclic) bond motifs is 1. The first kappa shape index (κ1) is 17.4. The van der Waals surface area contributed by atoms with Crippen molar-refractivity contribution in [3.8, 4) is 0 Å². The first-order valence-corrected chi connectivity index (χ1v) is 8.00. The zero-order chi connectivity index (χ0) is 13.9. The van der Waals surface area contributed by atoms with Gasteiger partial charge in [-0.25, -0.2) is 4.72 Å². The van der Waals surface area contributed by atoms with Gasteiger partial charge in [-0.05, 0) is 24.1 Å². The molecule has 0 saturated carbocycles. The summed E-state index contributed by atoms with van der Waals surface area (Å²) in [6.45, 7) is 3.54. The smallest absolute Gasteiger partial charge is 0.279 e. The van der Waals surface area contributed by atoms with Gasteiger partial charge in [0.2, 0.25) is 0 Å². The topological polar surface area (TPSA) is 61.4 Å². The monoisotopic (exact) mass is 319 g/mol. The third-order valence-electron chi connectivity index (χ3n) is 3.54. The van der Waals surface area contributed by atoms with Gasteiger partial charge < -0.3 is 5.32 Å². The van der Waals surface area contributed by atoms with Gasteiger partial charge in [-0.2, -0.15) is 12.7 Å². The van der Waals surface area contributed by atoms with Crippen LogP contribution in [0, 0.1) is 0 Å². The third-order valence-corrected chi connectivity index (χ3v) is 5.15. The first-order valence-electron chi connectivity index (χ1n) is 6.56. The molecular weight excluding hydrogens is 298 g/mol. The van der Waals surface area contributed by atoms with Crippen LogP contribution in [0.2, 0.25) is 0 Å². The van der Waals surface area contributed by atoms with E-state index >= 15 is 0 Å². The van der Waals surface area contributed by atoms with Crippen molar-refractivity contribution in [2.45, 2.75) is 19.4 Å². The van der Waals surface area contributed by atoms with Crippen molar-refractivity contribution in [2.24, 2.45) is 0 Å². The fourth-order valence-corrected chi connectivity index (χ4v) is 3.18. The maximum atomic E-state index is 11.9. The Morgan fingerprint density at radius 3 is 2.80 bits per heavy atom. The lowest BCUT2D eigenvalue weighted by molar-refractivity contribution is 0.452. The summed E-state index contributed by atoms with van der Waals surface area (Å²) in [7, 11) is -1.79. The lowest BCUT2D eigenvalue weighted by atomic mass is 9.95. The largest absolute Gasteiger partial charge is 0.308 e. The summed E-state index contributed by atoms with van der Waals surface area (Å²) in [6.07, 6.45) is 0.994. The molecule has 1 aromatic rings. The van der Waals surface area contributed by atoms with Gasteiger partial charge in [-0.15, -0.1) is 12.4 Å². The van der Waals surface area contributed by atoms with Crippen LogP contribution >= 0.6 is 12.4 Å². The number of hydrogen-bond donors (Lipinski definition) is 2. The van der Waals surface area contributed by atoms with Gasteiger partial charge in [0.25, 0.3) is 10.2 Å². The van der Waals surface area contributed by atoms with Crippen molar-refractivity contribution in [2.75, 3.05) is 26.7 Å². The number of rotatable bonds is 5. The fourth-order valence-electron chi connectivity index (χ4n) is 2.24. The molecule has 0 radical (unpaired) electrons. The van der Waals surface area contributed by atoms with E-state index < -0.39 is 10.2 Å². The number of hydrogen-bond acceptors (Lipinski definition) is 3. The van der Waals surface area contributed by atoms with Crippen molar-refractivity contribution >= 4 is 22.6 Å². The lowest BCUT2D eigenvalue weighted by Crippen LogP contribution is -2.43.